The second kappa shape index (κ2) is 10.3. The Morgan fingerprint density at radius 3 is 2.65 bits per heavy atom. The third-order valence-electron chi connectivity index (χ3n) is 5.82. The number of carbonyl (C=O) groups excluding carboxylic acids is 1. The van der Waals surface area contributed by atoms with Gasteiger partial charge in [-0.15, -0.1) is 11.3 Å². The van der Waals surface area contributed by atoms with Gasteiger partial charge in [-0.1, -0.05) is 11.6 Å². The first-order chi connectivity index (χ1) is 15.0. The molecule has 0 N–H and O–H groups in total. The van der Waals surface area contributed by atoms with Crippen molar-refractivity contribution in [3.63, 3.8) is 0 Å². The average molecular weight is 465 g/mol. The number of ether oxygens (including phenoxy) is 3. The summed E-state index contributed by atoms with van der Waals surface area (Å²) >= 11 is 7.77. The van der Waals surface area contributed by atoms with Crippen molar-refractivity contribution in [1.82, 2.24) is 9.80 Å². The number of halogens is 1. The highest BCUT2D eigenvalue weighted by Gasteiger charge is 2.41. The van der Waals surface area contributed by atoms with Crippen LogP contribution >= 0.6 is 22.9 Å². The molecule has 0 bridgehead atoms. The molecule has 0 spiro atoms. The normalized spacial score (nSPS) is 22.5. The number of hydrogen-bond donors (Lipinski definition) is 0. The summed E-state index contributed by atoms with van der Waals surface area (Å²) < 4.78 is 17.8. The van der Waals surface area contributed by atoms with Gasteiger partial charge in [0.15, 0.2) is 0 Å². The minimum Gasteiger partial charge on any atom is -0.491 e. The van der Waals surface area contributed by atoms with Gasteiger partial charge in [-0.2, -0.15) is 0 Å². The fraction of sp³-hybridized carbons (Fsp3) is 0.522. The fourth-order valence-electron chi connectivity index (χ4n) is 4.02. The molecule has 1 amide bonds. The van der Waals surface area contributed by atoms with Crippen molar-refractivity contribution in [3.8, 4) is 5.75 Å². The van der Waals surface area contributed by atoms with Crippen molar-refractivity contribution in [2.24, 2.45) is 0 Å². The fourth-order valence-corrected chi connectivity index (χ4v) is 5.09. The molecule has 2 aromatic rings. The predicted octanol–water partition coefficient (Wildman–Crippen LogP) is 3.61. The maximum Gasteiger partial charge on any atom is 0.225 e. The summed E-state index contributed by atoms with van der Waals surface area (Å²) in [6.45, 7) is 7.81. The van der Waals surface area contributed by atoms with Crippen molar-refractivity contribution in [2.75, 3.05) is 52.6 Å². The lowest BCUT2D eigenvalue weighted by Gasteiger charge is -2.43. The highest BCUT2D eigenvalue weighted by Crippen LogP contribution is 2.28. The molecule has 168 valence electrons. The standard InChI is InChI=1S/C23H29ClN2O4S/c1-18-6-13-31-21(18)15-25-7-12-30-23(16-25,14-22(27)26-8-10-28-11-9-26)17-29-20-4-2-19(24)3-5-20/h2-6,13H,7-12,14-17H2,1H3. The molecule has 0 saturated carbocycles. The van der Waals surface area contributed by atoms with Crippen LogP contribution in [0.25, 0.3) is 0 Å². The van der Waals surface area contributed by atoms with Gasteiger partial charge in [0.2, 0.25) is 5.91 Å². The Labute approximate surface area is 192 Å². The van der Waals surface area contributed by atoms with Crippen LogP contribution in [0.15, 0.2) is 35.7 Å². The summed E-state index contributed by atoms with van der Waals surface area (Å²) in [6.07, 6.45) is 0.292. The van der Waals surface area contributed by atoms with Crippen LogP contribution in [-0.2, 0) is 20.8 Å². The lowest BCUT2D eigenvalue weighted by atomic mass is 9.96. The number of thiophene rings is 1. The third kappa shape index (κ3) is 5.99. The number of benzene rings is 1. The number of aryl methyl sites for hydroxylation is 1. The number of amides is 1. The Hall–Kier alpha value is -1.64. The number of rotatable bonds is 7. The second-order valence-corrected chi connectivity index (χ2v) is 9.62. The summed E-state index contributed by atoms with van der Waals surface area (Å²) in [5.74, 6) is 0.814. The molecule has 2 fully saturated rings. The van der Waals surface area contributed by atoms with Crippen LogP contribution in [0.3, 0.4) is 0 Å². The van der Waals surface area contributed by atoms with Crippen LogP contribution in [0.1, 0.15) is 16.9 Å². The van der Waals surface area contributed by atoms with E-state index in [4.69, 9.17) is 25.8 Å². The number of hydrogen-bond acceptors (Lipinski definition) is 6. The van der Waals surface area contributed by atoms with Crippen molar-refractivity contribution in [3.05, 3.63) is 51.2 Å². The lowest BCUT2D eigenvalue weighted by molar-refractivity contribution is -0.159. The van der Waals surface area contributed by atoms with E-state index in [-0.39, 0.29) is 5.91 Å². The third-order valence-corrected chi connectivity index (χ3v) is 7.08. The molecular formula is C23H29ClN2O4S. The van der Waals surface area contributed by atoms with Crippen LogP contribution in [0.2, 0.25) is 5.02 Å². The molecular weight excluding hydrogens is 436 g/mol. The maximum absolute atomic E-state index is 13.1. The Morgan fingerprint density at radius 2 is 1.94 bits per heavy atom. The molecule has 6 nitrogen and oxygen atoms in total. The van der Waals surface area contributed by atoms with E-state index in [1.54, 1.807) is 23.5 Å². The van der Waals surface area contributed by atoms with E-state index in [2.05, 4.69) is 23.3 Å². The van der Waals surface area contributed by atoms with Gasteiger partial charge in [0.25, 0.3) is 0 Å². The zero-order valence-corrected chi connectivity index (χ0v) is 19.4. The molecule has 8 heteroatoms. The van der Waals surface area contributed by atoms with Gasteiger partial charge in [-0.05, 0) is 48.2 Å². The largest absolute Gasteiger partial charge is 0.491 e. The summed E-state index contributed by atoms with van der Waals surface area (Å²) in [5, 5.41) is 2.79. The SMILES string of the molecule is Cc1ccsc1CN1CCOC(COc2ccc(Cl)cc2)(CC(=O)N2CCOCC2)C1. The van der Waals surface area contributed by atoms with Crippen LogP contribution in [-0.4, -0.2) is 73.9 Å². The lowest BCUT2D eigenvalue weighted by Crippen LogP contribution is -2.57. The molecule has 1 aromatic carbocycles. The Morgan fingerprint density at radius 1 is 1.16 bits per heavy atom. The van der Waals surface area contributed by atoms with Crippen LogP contribution in [0.5, 0.6) is 5.75 Å². The highest BCUT2D eigenvalue weighted by atomic mass is 35.5. The van der Waals surface area contributed by atoms with Crippen molar-refractivity contribution >= 4 is 28.8 Å². The first kappa shape index (κ1) is 22.6. The van der Waals surface area contributed by atoms with Gasteiger partial charge >= 0.3 is 0 Å². The van der Waals surface area contributed by atoms with Gasteiger partial charge in [0, 0.05) is 42.6 Å². The molecule has 2 saturated heterocycles. The number of carbonyl (C=O) groups is 1. The first-order valence-electron chi connectivity index (χ1n) is 10.7. The molecule has 1 atom stereocenters. The van der Waals surface area contributed by atoms with Gasteiger partial charge in [0.1, 0.15) is 18.0 Å². The summed E-state index contributed by atoms with van der Waals surface area (Å²) in [6, 6.07) is 9.44. The molecule has 31 heavy (non-hydrogen) atoms. The minimum absolute atomic E-state index is 0.0946. The number of nitrogens with zero attached hydrogens (tertiary/aromatic N) is 2. The van der Waals surface area contributed by atoms with Crippen molar-refractivity contribution < 1.29 is 19.0 Å². The van der Waals surface area contributed by atoms with E-state index in [0.717, 1.165) is 18.8 Å². The average Bonchev–Trinajstić information content (AvgIpc) is 3.18. The quantitative estimate of drug-likeness (QED) is 0.626. The van der Waals surface area contributed by atoms with Crippen LogP contribution in [0.4, 0.5) is 0 Å². The summed E-state index contributed by atoms with van der Waals surface area (Å²) in [4.78, 5) is 18.7. The maximum atomic E-state index is 13.1. The molecule has 3 heterocycles. The second-order valence-electron chi connectivity index (χ2n) is 8.18. The summed E-state index contributed by atoms with van der Waals surface area (Å²) in [7, 11) is 0. The molecule has 0 aliphatic carbocycles. The Kier molecular flexibility index (Phi) is 7.51. The molecule has 1 aromatic heterocycles. The topological polar surface area (TPSA) is 51.2 Å². The smallest absolute Gasteiger partial charge is 0.225 e. The van der Waals surface area contributed by atoms with Gasteiger partial charge < -0.3 is 19.1 Å². The van der Waals surface area contributed by atoms with E-state index in [1.807, 2.05) is 17.0 Å². The zero-order valence-electron chi connectivity index (χ0n) is 17.8. The van der Waals surface area contributed by atoms with E-state index >= 15 is 0 Å². The highest BCUT2D eigenvalue weighted by molar-refractivity contribution is 7.10. The van der Waals surface area contributed by atoms with Gasteiger partial charge in [0.05, 0.1) is 26.2 Å². The van der Waals surface area contributed by atoms with Crippen molar-refractivity contribution in [1.29, 1.82) is 0 Å². The molecule has 4 rings (SSSR count). The van der Waals surface area contributed by atoms with E-state index in [0.29, 0.717) is 57.5 Å². The monoisotopic (exact) mass is 464 g/mol. The minimum atomic E-state index is -0.696. The molecule has 2 aliphatic rings. The number of morpholine rings is 2. The van der Waals surface area contributed by atoms with Gasteiger partial charge in [-0.25, -0.2) is 0 Å². The van der Waals surface area contributed by atoms with Gasteiger partial charge in [-0.3, -0.25) is 9.69 Å². The molecule has 1 unspecified atom stereocenters. The van der Waals surface area contributed by atoms with Crippen molar-refractivity contribution in [2.45, 2.75) is 25.5 Å². The van der Waals surface area contributed by atoms with E-state index in [9.17, 15) is 4.79 Å². The van der Waals surface area contributed by atoms with Crippen LogP contribution < -0.4 is 4.74 Å². The van der Waals surface area contributed by atoms with E-state index < -0.39 is 5.60 Å². The zero-order chi connectivity index (χ0) is 21.7. The van der Waals surface area contributed by atoms with E-state index in [1.165, 1.54) is 10.4 Å². The predicted molar refractivity (Wildman–Crippen MR) is 122 cm³/mol. The van der Waals surface area contributed by atoms with Crippen LogP contribution in [0, 0.1) is 6.92 Å². The summed E-state index contributed by atoms with van der Waals surface area (Å²) in [5.41, 5.74) is 0.613. The Bertz CT molecular complexity index is 869. The Balaban J connectivity index is 1.48. The first-order valence-corrected chi connectivity index (χ1v) is 11.9. The molecule has 0 radical (unpaired) electrons. The molecule has 2 aliphatic heterocycles.